The number of rotatable bonds is 5. The third kappa shape index (κ3) is 3.72. The normalized spacial score (nSPS) is 11.6. The van der Waals surface area contributed by atoms with Gasteiger partial charge in [0.2, 0.25) is 0 Å². The SMILES string of the molecule is CCOC(=O)c1ccc(C)c(NS(=O)(=O)c2nc3nc(C)cc(C)n3n2)c1Br. The summed E-state index contributed by atoms with van der Waals surface area (Å²) in [5.74, 6) is -0.370. The Morgan fingerprint density at radius 1 is 1.25 bits per heavy atom. The van der Waals surface area contributed by atoms with Crippen molar-refractivity contribution in [3.05, 3.63) is 45.2 Å². The topological polar surface area (TPSA) is 116 Å². The summed E-state index contributed by atoms with van der Waals surface area (Å²) in [4.78, 5) is 20.3. The number of nitrogens with zero attached hydrogens (tertiary/aromatic N) is 4. The number of anilines is 1. The van der Waals surface area contributed by atoms with E-state index in [1.165, 1.54) is 4.52 Å². The molecule has 148 valence electrons. The summed E-state index contributed by atoms with van der Waals surface area (Å²) in [5, 5.41) is 3.64. The molecule has 0 aliphatic heterocycles. The number of aromatic nitrogens is 4. The maximum absolute atomic E-state index is 12.9. The fourth-order valence-electron chi connectivity index (χ4n) is 2.61. The lowest BCUT2D eigenvalue weighted by Gasteiger charge is -2.13. The molecule has 0 bridgehead atoms. The van der Waals surface area contributed by atoms with Crippen LogP contribution >= 0.6 is 15.9 Å². The predicted octanol–water partition coefficient (Wildman–Crippen LogP) is 2.79. The van der Waals surface area contributed by atoms with Crippen molar-refractivity contribution >= 4 is 43.4 Å². The summed E-state index contributed by atoms with van der Waals surface area (Å²) < 4.78 is 34.8. The van der Waals surface area contributed by atoms with E-state index < -0.39 is 21.1 Å². The Bertz CT molecular complexity index is 1190. The van der Waals surface area contributed by atoms with Crippen LogP contribution in [-0.4, -0.2) is 40.6 Å². The summed E-state index contributed by atoms with van der Waals surface area (Å²) in [6.45, 7) is 7.18. The number of hydrogen-bond donors (Lipinski definition) is 1. The van der Waals surface area contributed by atoms with E-state index in [-0.39, 0.29) is 28.1 Å². The van der Waals surface area contributed by atoms with Gasteiger partial charge in [-0.2, -0.15) is 13.4 Å². The molecule has 9 nitrogen and oxygen atoms in total. The van der Waals surface area contributed by atoms with Crippen molar-refractivity contribution in [3.8, 4) is 0 Å². The van der Waals surface area contributed by atoms with Gasteiger partial charge in [-0.05, 0) is 61.3 Å². The standard InChI is InChI=1S/C17H18BrN5O4S/c1-5-27-15(24)12-7-6-9(2)14(13(12)18)22-28(25,26)17-20-16-19-10(3)8-11(4)23(16)21-17/h6-8,22H,5H2,1-4H3. The minimum absolute atomic E-state index is 0.189. The number of esters is 1. The Kier molecular flexibility index (Phi) is 5.39. The fourth-order valence-corrected chi connectivity index (χ4v) is 4.46. The van der Waals surface area contributed by atoms with Crippen molar-refractivity contribution in [2.45, 2.75) is 32.9 Å². The highest BCUT2D eigenvalue weighted by molar-refractivity contribution is 9.10. The second-order valence-corrected chi connectivity index (χ2v) is 8.46. The van der Waals surface area contributed by atoms with E-state index in [0.29, 0.717) is 17.0 Å². The minimum Gasteiger partial charge on any atom is -0.462 e. The van der Waals surface area contributed by atoms with Crippen LogP contribution in [0.5, 0.6) is 0 Å². The highest BCUT2D eigenvalue weighted by Crippen LogP contribution is 2.32. The maximum Gasteiger partial charge on any atom is 0.339 e. The van der Waals surface area contributed by atoms with Crippen molar-refractivity contribution in [3.63, 3.8) is 0 Å². The number of sulfonamides is 1. The van der Waals surface area contributed by atoms with Gasteiger partial charge in [-0.25, -0.2) is 14.3 Å². The van der Waals surface area contributed by atoms with Crippen LogP contribution < -0.4 is 4.72 Å². The number of carbonyl (C=O) groups excluding carboxylic acids is 1. The average Bonchev–Trinajstić information content (AvgIpc) is 3.04. The molecule has 0 unspecified atom stereocenters. The first-order valence-corrected chi connectivity index (χ1v) is 10.6. The molecule has 0 radical (unpaired) electrons. The lowest BCUT2D eigenvalue weighted by Crippen LogP contribution is -2.17. The molecule has 3 rings (SSSR count). The molecule has 1 N–H and O–H groups in total. The fraction of sp³-hybridized carbons (Fsp3) is 0.294. The van der Waals surface area contributed by atoms with Gasteiger partial charge in [-0.3, -0.25) is 4.72 Å². The van der Waals surface area contributed by atoms with Crippen molar-refractivity contribution in [2.75, 3.05) is 11.3 Å². The van der Waals surface area contributed by atoms with E-state index in [1.807, 2.05) is 0 Å². The highest BCUT2D eigenvalue weighted by Gasteiger charge is 2.25. The molecule has 28 heavy (non-hydrogen) atoms. The third-order valence-electron chi connectivity index (χ3n) is 3.92. The van der Waals surface area contributed by atoms with Crippen LogP contribution in [0, 0.1) is 20.8 Å². The Morgan fingerprint density at radius 2 is 1.96 bits per heavy atom. The van der Waals surface area contributed by atoms with Crippen molar-refractivity contribution < 1.29 is 17.9 Å². The Hall–Kier alpha value is -2.53. The molecule has 0 saturated carbocycles. The van der Waals surface area contributed by atoms with Gasteiger partial charge in [0.1, 0.15) is 0 Å². The molecule has 0 aliphatic rings. The first-order chi connectivity index (χ1) is 13.1. The van der Waals surface area contributed by atoms with Gasteiger partial charge in [-0.15, -0.1) is 5.10 Å². The van der Waals surface area contributed by atoms with Crippen LogP contribution in [0.4, 0.5) is 5.69 Å². The van der Waals surface area contributed by atoms with Crippen LogP contribution in [0.1, 0.15) is 34.2 Å². The van der Waals surface area contributed by atoms with Crippen LogP contribution in [0.15, 0.2) is 27.8 Å². The molecule has 0 saturated heterocycles. The van der Waals surface area contributed by atoms with Crippen LogP contribution in [0.3, 0.4) is 0 Å². The summed E-state index contributed by atoms with van der Waals surface area (Å²) in [6.07, 6.45) is 0. The second kappa shape index (κ2) is 7.47. The van der Waals surface area contributed by atoms with E-state index in [4.69, 9.17) is 4.74 Å². The number of aryl methyl sites for hydroxylation is 3. The van der Waals surface area contributed by atoms with E-state index in [1.54, 1.807) is 45.9 Å². The van der Waals surface area contributed by atoms with Crippen LogP contribution in [0.2, 0.25) is 0 Å². The summed E-state index contributed by atoms with van der Waals surface area (Å²) in [5.41, 5.74) is 2.44. The van der Waals surface area contributed by atoms with Gasteiger partial charge in [-0.1, -0.05) is 6.07 Å². The predicted molar refractivity (Wildman–Crippen MR) is 106 cm³/mol. The molecule has 0 fully saturated rings. The maximum atomic E-state index is 12.9. The van der Waals surface area contributed by atoms with Crippen molar-refractivity contribution in [1.29, 1.82) is 0 Å². The molecule has 1 aromatic carbocycles. The molecule has 11 heteroatoms. The zero-order valence-corrected chi connectivity index (χ0v) is 18.0. The average molecular weight is 468 g/mol. The van der Waals surface area contributed by atoms with Crippen LogP contribution in [-0.2, 0) is 14.8 Å². The molecule has 0 aliphatic carbocycles. The molecular weight excluding hydrogens is 450 g/mol. The van der Waals surface area contributed by atoms with Crippen molar-refractivity contribution in [2.24, 2.45) is 0 Å². The Labute approximate surface area is 170 Å². The zero-order chi connectivity index (χ0) is 20.6. The summed E-state index contributed by atoms with van der Waals surface area (Å²) in [7, 11) is -4.12. The second-order valence-electron chi connectivity index (χ2n) is 6.09. The van der Waals surface area contributed by atoms with Gasteiger partial charge in [0.05, 0.1) is 22.3 Å². The third-order valence-corrected chi connectivity index (χ3v) is 5.87. The van der Waals surface area contributed by atoms with Gasteiger partial charge in [0.15, 0.2) is 0 Å². The summed E-state index contributed by atoms with van der Waals surface area (Å²) in [6, 6.07) is 4.96. The molecule has 0 atom stereocenters. The number of fused-ring (bicyclic) bond motifs is 1. The first kappa shape index (κ1) is 20.2. The number of carbonyl (C=O) groups is 1. The lowest BCUT2D eigenvalue weighted by atomic mass is 10.1. The zero-order valence-electron chi connectivity index (χ0n) is 15.6. The lowest BCUT2D eigenvalue weighted by molar-refractivity contribution is 0.0525. The summed E-state index contributed by atoms with van der Waals surface area (Å²) >= 11 is 3.30. The van der Waals surface area contributed by atoms with Gasteiger partial charge >= 0.3 is 5.97 Å². The first-order valence-electron chi connectivity index (χ1n) is 8.34. The molecule has 3 aromatic rings. The number of ether oxygens (including phenoxy) is 1. The number of hydrogen-bond acceptors (Lipinski definition) is 7. The quantitative estimate of drug-likeness (QED) is 0.573. The van der Waals surface area contributed by atoms with Gasteiger partial charge < -0.3 is 4.74 Å². The number of benzene rings is 1. The van der Waals surface area contributed by atoms with E-state index >= 15 is 0 Å². The van der Waals surface area contributed by atoms with Gasteiger partial charge in [0, 0.05) is 11.4 Å². The van der Waals surface area contributed by atoms with E-state index in [0.717, 1.165) is 0 Å². The number of halogens is 1. The van der Waals surface area contributed by atoms with E-state index in [2.05, 4.69) is 35.7 Å². The van der Waals surface area contributed by atoms with Gasteiger partial charge in [0.25, 0.3) is 21.0 Å². The smallest absolute Gasteiger partial charge is 0.339 e. The minimum atomic E-state index is -4.12. The largest absolute Gasteiger partial charge is 0.462 e. The van der Waals surface area contributed by atoms with Crippen LogP contribution in [0.25, 0.3) is 5.78 Å². The molecular formula is C17H18BrN5O4S. The molecule has 2 aromatic heterocycles. The van der Waals surface area contributed by atoms with Crippen molar-refractivity contribution in [1.82, 2.24) is 19.6 Å². The molecule has 0 spiro atoms. The molecule has 0 amide bonds. The Balaban J connectivity index is 2.04. The number of nitrogens with one attached hydrogen (secondary N) is 1. The Morgan fingerprint density at radius 3 is 2.64 bits per heavy atom. The highest BCUT2D eigenvalue weighted by atomic mass is 79.9. The monoisotopic (exact) mass is 467 g/mol. The van der Waals surface area contributed by atoms with E-state index in [9.17, 15) is 13.2 Å². The molecule has 2 heterocycles.